The lowest BCUT2D eigenvalue weighted by molar-refractivity contribution is -0.133. The van der Waals surface area contributed by atoms with E-state index in [-0.39, 0.29) is 29.6 Å². The highest BCUT2D eigenvalue weighted by atomic mass is 16.4. The zero-order chi connectivity index (χ0) is 13.4. The van der Waals surface area contributed by atoms with E-state index in [9.17, 15) is 9.59 Å². The van der Waals surface area contributed by atoms with Gasteiger partial charge in [-0.2, -0.15) is 0 Å². The molecule has 0 rings (SSSR count). The average Bonchev–Trinajstić information content (AvgIpc) is 2.31. The van der Waals surface area contributed by atoms with Gasteiger partial charge in [0.25, 0.3) is 0 Å². The molecule has 3 N–H and O–H groups in total. The van der Waals surface area contributed by atoms with Crippen molar-refractivity contribution in [1.82, 2.24) is 5.32 Å². The Kier molecular flexibility index (Phi) is 7.21. The number of carbonyl (C=O) groups is 2. The first-order chi connectivity index (χ1) is 7.93. The molecule has 0 fully saturated rings. The van der Waals surface area contributed by atoms with Crippen LogP contribution in [0.1, 0.15) is 33.6 Å². The van der Waals surface area contributed by atoms with E-state index in [0.717, 1.165) is 6.42 Å². The Morgan fingerprint density at radius 1 is 1.24 bits per heavy atom. The summed E-state index contributed by atoms with van der Waals surface area (Å²) >= 11 is 0. The molecule has 0 aliphatic rings. The molecule has 0 radical (unpaired) electrons. The van der Waals surface area contributed by atoms with Crippen LogP contribution in [0.25, 0.3) is 0 Å². The topological polar surface area (TPSA) is 86.6 Å². The summed E-state index contributed by atoms with van der Waals surface area (Å²) in [7, 11) is 0. The number of aliphatic carboxylic acids is 1. The second-order valence-corrected chi connectivity index (χ2v) is 4.05. The number of carbonyl (C=O) groups excluding carboxylic acids is 1. The normalized spacial score (nSPS) is 13.9. The van der Waals surface area contributed by atoms with Gasteiger partial charge in [0.05, 0.1) is 0 Å². The molecule has 1 atom stereocenters. The molecule has 0 aliphatic carbocycles. The number of hydrogen-bond acceptors (Lipinski definition) is 3. The Bertz CT molecular complexity index is 310. The molecule has 17 heavy (non-hydrogen) atoms. The standard InChI is InChI=1S/C12H21NO4/c1-4-10(5-6-14)7-13-11(15)8(2)9(3)12(16)17/h10,14H,4-7H2,1-3H3,(H,13,15)(H,16,17). The summed E-state index contributed by atoms with van der Waals surface area (Å²) in [5, 5.41) is 20.2. The first-order valence-electron chi connectivity index (χ1n) is 5.73. The number of carboxylic acid groups (broad SMARTS) is 1. The molecule has 0 saturated heterocycles. The third-order valence-electron chi connectivity index (χ3n) is 2.89. The molecule has 5 nitrogen and oxygen atoms in total. The van der Waals surface area contributed by atoms with Crippen LogP contribution in [-0.2, 0) is 9.59 Å². The Hall–Kier alpha value is -1.36. The van der Waals surface area contributed by atoms with Crippen LogP contribution in [0.4, 0.5) is 0 Å². The summed E-state index contributed by atoms with van der Waals surface area (Å²) in [6.45, 7) is 5.43. The van der Waals surface area contributed by atoms with Crippen LogP contribution in [0.3, 0.4) is 0 Å². The molecule has 0 saturated carbocycles. The molecule has 98 valence electrons. The largest absolute Gasteiger partial charge is 0.478 e. The van der Waals surface area contributed by atoms with Crippen molar-refractivity contribution in [2.24, 2.45) is 5.92 Å². The van der Waals surface area contributed by atoms with Crippen molar-refractivity contribution in [3.05, 3.63) is 11.1 Å². The summed E-state index contributed by atoms with van der Waals surface area (Å²) in [6, 6.07) is 0. The van der Waals surface area contributed by atoms with Crippen molar-refractivity contribution < 1.29 is 19.8 Å². The first-order valence-corrected chi connectivity index (χ1v) is 5.73. The number of aliphatic hydroxyl groups is 1. The predicted molar refractivity (Wildman–Crippen MR) is 64.5 cm³/mol. The molecular formula is C12H21NO4. The summed E-state index contributed by atoms with van der Waals surface area (Å²) < 4.78 is 0. The number of amides is 1. The molecule has 5 heteroatoms. The van der Waals surface area contributed by atoms with E-state index in [1.807, 2.05) is 6.92 Å². The highest BCUT2D eigenvalue weighted by Crippen LogP contribution is 2.07. The van der Waals surface area contributed by atoms with Gasteiger partial charge in [-0.25, -0.2) is 4.79 Å². The molecular weight excluding hydrogens is 222 g/mol. The van der Waals surface area contributed by atoms with Crippen molar-refractivity contribution in [1.29, 1.82) is 0 Å². The molecule has 0 spiro atoms. The van der Waals surface area contributed by atoms with Gasteiger partial charge >= 0.3 is 5.97 Å². The minimum absolute atomic E-state index is 0.0534. The fourth-order valence-electron chi connectivity index (χ4n) is 1.33. The molecule has 1 amide bonds. The van der Waals surface area contributed by atoms with Crippen LogP contribution in [-0.4, -0.2) is 35.2 Å². The van der Waals surface area contributed by atoms with Crippen LogP contribution in [0.5, 0.6) is 0 Å². The molecule has 0 aliphatic heterocycles. The van der Waals surface area contributed by atoms with Crippen molar-refractivity contribution >= 4 is 11.9 Å². The average molecular weight is 243 g/mol. The lowest BCUT2D eigenvalue weighted by atomic mass is 10.0. The van der Waals surface area contributed by atoms with E-state index in [4.69, 9.17) is 10.2 Å². The van der Waals surface area contributed by atoms with Crippen LogP contribution in [0.2, 0.25) is 0 Å². The van der Waals surface area contributed by atoms with E-state index < -0.39 is 5.97 Å². The summed E-state index contributed by atoms with van der Waals surface area (Å²) in [6.07, 6.45) is 1.50. The maximum Gasteiger partial charge on any atom is 0.331 e. The zero-order valence-corrected chi connectivity index (χ0v) is 10.6. The molecule has 0 heterocycles. The van der Waals surface area contributed by atoms with Crippen LogP contribution < -0.4 is 5.32 Å². The van der Waals surface area contributed by atoms with Gasteiger partial charge < -0.3 is 15.5 Å². The Labute approximate surface area is 102 Å². The SMILES string of the molecule is CCC(CCO)CNC(=O)C(C)=C(C)C(=O)O. The molecule has 0 bridgehead atoms. The van der Waals surface area contributed by atoms with Crippen molar-refractivity contribution in [2.45, 2.75) is 33.6 Å². The number of rotatable bonds is 7. The number of carboxylic acids is 1. The van der Waals surface area contributed by atoms with E-state index in [0.29, 0.717) is 13.0 Å². The van der Waals surface area contributed by atoms with Crippen LogP contribution in [0.15, 0.2) is 11.1 Å². The van der Waals surface area contributed by atoms with Gasteiger partial charge in [0, 0.05) is 24.3 Å². The van der Waals surface area contributed by atoms with Gasteiger partial charge in [0.2, 0.25) is 5.91 Å². The molecule has 0 aromatic carbocycles. The van der Waals surface area contributed by atoms with Crippen LogP contribution in [0, 0.1) is 5.92 Å². The Morgan fingerprint density at radius 2 is 1.82 bits per heavy atom. The van der Waals surface area contributed by atoms with Crippen molar-refractivity contribution in [2.75, 3.05) is 13.2 Å². The van der Waals surface area contributed by atoms with Gasteiger partial charge in [0.1, 0.15) is 0 Å². The summed E-state index contributed by atoms with van der Waals surface area (Å²) in [4.78, 5) is 22.3. The first kappa shape index (κ1) is 15.6. The maximum absolute atomic E-state index is 11.6. The smallest absolute Gasteiger partial charge is 0.331 e. The lowest BCUT2D eigenvalue weighted by Crippen LogP contribution is -2.31. The maximum atomic E-state index is 11.6. The second kappa shape index (κ2) is 7.84. The fourth-order valence-corrected chi connectivity index (χ4v) is 1.33. The zero-order valence-electron chi connectivity index (χ0n) is 10.6. The Morgan fingerprint density at radius 3 is 2.24 bits per heavy atom. The van der Waals surface area contributed by atoms with E-state index in [2.05, 4.69) is 5.32 Å². The third kappa shape index (κ3) is 5.49. The minimum atomic E-state index is -1.08. The molecule has 0 aromatic rings. The lowest BCUT2D eigenvalue weighted by Gasteiger charge is -2.14. The van der Waals surface area contributed by atoms with Gasteiger partial charge in [-0.1, -0.05) is 13.3 Å². The third-order valence-corrected chi connectivity index (χ3v) is 2.89. The second-order valence-electron chi connectivity index (χ2n) is 4.05. The van der Waals surface area contributed by atoms with Gasteiger partial charge in [-0.05, 0) is 26.2 Å². The van der Waals surface area contributed by atoms with Gasteiger partial charge in [0.15, 0.2) is 0 Å². The highest BCUT2D eigenvalue weighted by Gasteiger charge is 2.13. The van der Waals surface area contributed by atoms with Gasteiger partial charge in [-0.3, -0.25) is 4.79 Å². The van der Waals surface area contributed by atoms with E-state index in [1.54, 1.807) is 0 Å². The van der Waals surface area contributed by atoms with E-state index >= 15 is 0 Å². The van der Waals surface area contributed by atoms with E-state index in [1.165, 1.54) is 13.8 Å². The number of hydrogen-bond donors (Lipinski definition) is 3. The Balaban J connectivity index is 4.36. The minimum Gasteiger partial charge on any atom is -0.478 e. The number of aliphatic hydroxyl groups excluding tert-OH is 1. The van der Waals surface area contributed by atoms with Crippen molar-refractivity contribution in [3.63, 3.8) is 0 Å². The number of nitrogens with one attached hydrogen (secondary N) is 1. The monoisotopic (exact) mass is 243 g/mol. The predicted octanol–water partition coefficient (Wildman–Crippen LogP) is 0.932. The summed E-state index contributed by atoms with van der Waals surface area (Å²) in [5.74, 6) is -1.22. The quantitative estimate of drug-likeness (QED) is 0.581. The van der Waals surface area contributed by atoms with Gasteiger partial charge in [-0.15, -0.1) is 0 Å². The summed E-state index contributed by atoms with van der Waals surface area (Å²) in [5.41, 5.74) is 0.272. The van der Waals surface area contributed by atoms with Crippen LogP contribution >= 0.6 is 0 Å². The fraction of sp³-hybridized carbons (Fsp3) is 0.667. The van der Waals surface area contributed by atoms with Crippen molar-refractivity contribution in [3.8, 4) is 0 Å². The molecule has 0 aromatic heterocycles. The highest BCUT2D eigenvalue weighted by molar-refractivity contribution is 6.01. The molecule has 1 unspecified atom stereocenters.